The third-order valence-electron chi connectivity index (χ3n) is 2.63. The van der Waals surface area contributed by atoms with Gasteiger partial charge in [0.1, 0.15) is 11.5 Å². The Balaban J connectivity index is 2.26. The van der Waals surface area contributed by atoms with Gasteiger partial charge in [-0.2, -0.15) is 0 Å². The molecule has 21 heavy (non-hydrogen) atoms. The van der Waals surface area contributed by atoms with E-state index in [9.17, 15) is 18.0 Å². The summed E-state index contributed by atoms with van der Waals surface area (Å²) in [5, 5.41) is 2.16. The molecule has 4 N–H and O–H groups in total. The molecule has 0 bridgehead atoms. The van der Waals surface area contributed by atoms with Gasteiger partial charge in [-0.1, -0.05) is 11.6 Å². The molecule has 0 fully saturated rings. The lowest BCUT2D eigenvalue weighted by Gasteiger charge is -2.09. The van der Waals surface area contributed by atoms with Crippen molar-refractivity contribution in [1.29, 1.82) is 0 Å². The van der Waals surface area contributed by atoms with E-state index in [-0.39, 0.29) is 16.3 Å². The van der Waals surface area contributed by atoms with Crippen molar-refractivity contribution in [2.75, 3.05) is 10.7 Å². The molecule has 0 aliphatic heterocycles. The third kappa shape index (κ3) is 3.26. The summed E-state index contributed by atoms with van der Waals surface area (Å²) < 4.78 is 40.0. The molecule has 0 radical (unpaired) electrons. The second-order valence-electron chi connectivity index (χ2n) is 4.04. The van der Waals surface area contributed by atoms with Gasteiger partial charge in [-0.05, 0) is 30.3 Å². The Hall–Kier alpha value is -2.25. The summed E-state index contributed by atoms with van der Waals surface area (Å²) in [6.45, 7) is 0. The van der Waals surface area contributed by atoms with Gasteiger partial charge < -0.3 is 10.7 Å². The van der Waals surface area contributed by atoms with Gasteiger partial charge in [-0.3, -0.25) is 10.6 Å². The highest BCUT2D eigenvalue weighted by atomic mass is 35.5. The third-order valence-corrected chi connectivity index (χ3v) is 2.92. The molecular weight excluding hydrogens is 307 g/mol. The molecule has 110 valence electrons. The van der Waals surface area contributed by atoms with Gasteiger partial charge >= 0.3 is 0 Å². The lowest BCUT2D eigenvalue weighted by atomic mass is 10.1. The number of nitrogens with two attached hydrogens (primary N) is 1. The molecule has 0 saturated carbocycles. The molecule has 1 amide bonds. The summed E-state index contributed by atoms with van der Waals surface area (Å²) in [5.41, 5.74) is 1.24. The molecule has 0 unspecified atom stereocenters. The van der Waals surface area contributed by atoms with Crippen LogP contribution in [0.4, 0.5) is 24.5 Å². The molecule has 0 atom stereocenters. The van der Waals surface area contributed by atoms with Crippen molar-refractivity contribution in [3.8, 4) is 0 Å². The van der Waals surface area contributed by atoms with Crippen LogP contribution in [0.2, 0.25) is 5.02 Å². The van der Waals surface area contributed by atoms with Crippen molar-refractivity contribution in [2.45, 2.75) is 0 Å². The van der Waals surface area contributed by atoms with Gasteiger partial charge in [-0.15, -0.1) is 0 Å². The van der Waals surface area contributed by atoms with E-state index in [1.54, 1.807) is 0 Å². The number of anilines is 2. The fraction of sp³-hybridized carbons (Fsp3) is 0. The van der Waals surface area contributed by atoms with Gasteiger partial charge in [-0.25, -0.2) is 13.2 Å². The minimum atomic E-state index is -1.01. The van der Waals surface area contributed by atoms with Crippen LogP contribution in [0.1, 0.15) is 10.4 Å². The van der Waals surface area contributed by atoms with Gasteiger partial charge in [0, 0.05) is 11.3 Å². The summed E-state index contributed by atoms with van der Waals surface area (Å²) in [6.07, 6.45) is 0. The van der Waals surface area contributed by atoms with E-state index in [0.29, 0.717) is 0 Å². The Kier molecular flexibility index (Phi) is 4.35. The molecule has 0 heterocycles. The molecule has 2 aromatic carbocycles. The zero-order valence-electron chi connectivity index (χ0n) is 10.4. The Labute approximate surface area is 122 Å². The number of nitrogens with one attached hydrogen (secondary N) is 2. The Bertz CT molecular complexity index is 686. The largest absolute Gasteiger partial charge is 0.322 e. The number of halogens is 4. The number of carbonyl (C=O) groups excluding carboxylic acids is 1. The predicted octanol–water partition coefficient (Wildman–Crippen LogP) is 3.30. The summed E-state index contributed by atoms with van der Waals surface area (Å²) in [7, 11) is 0. The van der Waals surface area contributed by atoms with Crippen LogP contribution >= 0.6 is 11.6 Å². The van der Waals surface area contributed by atoms with Gasteiger partial charge in [0.15, 0.2) is 11.6 Å². The Morgan fingerprint density at radius 1 is 1.05 bits per heavy atom. The fourth-order valence-corrected chi connectivity index (χ4v) is 1.80. The van der Waals surface area contributed by atoms with Gasteiger partial charge in [0.25, 0.3) is 5.91 Å². The summed E-state index contributed by atoms with van der Waals surface area (Å²) in [4.78, 5) is 11.9. The molecule has 0 aromatic heterocycles. The molecule has 2 aromatic rings. The molecule has 0 aliphatic carbocycles. The highest BCUT2D eigenvalue weighted by Gasteiger charge is 2.15. The second-order valence-corrected chi connectivity index (χ2v) is 4.45. The van der Waals surface area contributed by atoms with Crippen molar-refractivity contribution >= 4 is 28.9 Å². The first-order valence-electron chi connectivity index (χ1n) is 5.64. The maximum atomic E-state index is 13.5. The number of hydrogen-bond acceptors (Lipinski definition) is 3. The van der Waals surface area contributed by atoms with Crippen molar-refractivity contribution in [3.63, 3.8) is 0 Å². The lowest BCUT2D eigenvalue weighted by molar-refractivity contribution is 0.102. The molecule has 0 spiro atoms. The highest BCUT2D eigenvalue weighted by molar-refractivity contribution is 6.31. The van der Waals surface area contributed by atoms with Crippen molar-refractivity contribution in [1.82, 2.24) is 0 Å². The molecule has 2 rings (SSSR count). The maximum absolute atomic E-state index is 13.5. The zero-order chi connectivity index (χ0) is 15.6. The van der Waals surface area contributed by atoms with Crippen LogP contribution < -0.4 is 16.6 Å². The van der Waals surface area contributed by atoms with E-state index in [4.69, 9.17) is 17.4 Å². The summed E-state index contributed by atoms with van der Waals surface area (Å²) in [6, 6.07) is 5.14. The van der Waals surface area contributed by atoms with Crippen LogP contribution in [0, 0.1) is 17.5 Å². The number of amides is 1. The van der Waals surface area contributed by atoms with Crippen LogP contribution in [-0.2, 0) is 0 Å². The number of rotatable bonds is 3. The topological polar surface area (TPSA) is 67.1 Å². The number of benzene rings is 2. The number of hydrazine groups is 1. The van der Waals surface area contributed by atoms with E-state index >= 15 is 0 Å². The SMILES string of the molecule is NNc1c(F)cc(C(=O)Nc2ccc(F)c(Cl)c2)cc1F. The molecular formula is C13H9ClF3N3O. The highest BCUT2D eigenvalue weighted by Crippen LogP contribution is 2.22. The monoisotopic (exact) mass is 315 g/mol. The van der Waals surface area contributed by atoms with Gasteiger partial charge in [0.05, 0.1) is 5.02 Å². The smallest absolute Gasteiger partial charge is 0.255 e. The maximum Gasteiger partial charge on any atom is 0.255 e. The number of carbonyl (C=O) groups is 1. The van der Waals surface area contributed by atoms with E-state index in [2.05, 4.69) is 5.32 Å². The number of hydrogen-bond donors (Lipinski definition) is 3. The van der Waals surface area contributed by atoms with Crippen molar-refractivity contribution < 1.29 is 18.0 Å². The minimum Gasteiger partial charge on any atom is -0.322 e. The Morgan fingerprint density at radius 3 is 2.19 bits per heavy atom. The minimum absolute atomic E-state index is 0.187. The first-order chi connectivity index (χ1) is 9.92. The molecule has 8 heteroatoms. The van der Waals surface area contributed by atoms with E-state index in [0.717, 1.165) is 18.2 Å². The van der Waals surface area contributed by atoms with Crippen LogP contribution in [0.15, 0.2) is 30.3 Å². The molecule has 4 nitrogen and oxygen atoms in total. The fourth-order valence-electron chi connectivity index (χ4n) is 1.62. The van der Waals surface area contributed by atoms with Crippen molar-refractivity contribution in [3.05, 3.63) is 58.4 Å². The first-order valence-corrected chi connectivity index (χ1v) is 6.02. The van der Waals surface area contributed by atoms with Crippen LogP contribution in [0.3, 0.4) is 0 Å². The quantitative estimate of drug-likeness (QED) is 0.601. The number of nitrogen functional groups attached to an aromatic ring is 1. The van der Waals surface area contributed by atoms with E-state index in [1.165, 1.54) is 12.1 Å². The lowest BCUT2D eigenvalue weighted by Crippen LogP contribution is -2.15. The average molecular weight is 316 g/mol. The Morgan fingerprint density at radius 2 is 1.67 bits per heavy atom. The van der Waals surface area contributed by atoms with E-state index < -0.39 is 29.0 Å². The first kappa shape index (κ1) is 15.1. The molecule has 0 saturated heterocycles. The van der Waals surface area contributed by atoms with Gasteiger partial charge in [0.2, 0.25) is 0 Å². The second kappa shape index (κ2) is 6.02. The van der Waals surface area contributed by atoms with Crippen LogP contribution in [-0.4, -0.2) is 5.91 Å². The average Bonchev–Trinajstić information content (AvgIpc) is 2.42. The van der Waals surface area contributed by atoms with E-state index in [1.807, 2.05) is 5.43 Å². The standard InChI is InChI=1S/C13H9ClF3N3O/c14-8-5-7(1-2-9(8)15)19-13(21)6-3-10(16)12(20-18)11(17)4-6/h1-5,20H,18H2,(H,19,21). The zero-order valence-corrected chi connectivity index (χ0v) is 11.1. The predicted molar refractivity (Wildman–Crippen MR) is 73.5 cm³/mol. The van der Waals surface area contributed by atoms with Crippen LogP contribution in [0.25, 0.3) is 0 Å². The normalized spacial score (nSPS) is 10.3. The summed E-state index contributed by atoms with van der Waals surface area (Å²) >= 11 is 5.56. The molecule has 0 aliphatic rings. The summed E-state index contributed by atoms with van der Waals surface area (Å²) in [5.74, 6) is 1.50. The van der Waals surface area contributed by atoms with Crippen LogP contribution in [0.5, 0.6) is 0 Å². The van der Waals surface area contributed by atoms with Crippen molar-refractivity contribution in [2.24, 2.45) is 5.84 Å².